The first-order valence-electron chi connectivity index (χ1n) is 5.14. The van der Waals surface area contributed by atoms with Crippen molar-refractivity contribution in [2.75, 3.05) is 5.01 Å². The zero-order chi connectivity index (χ0) is 10.0. The summed E-state index contributed by atoms with van der Waals surface area (Å²) >= 11 is 0. The van der Waals surface area contributed by atoms with E-state index < -0.39 is 0 Å². The number of benzene rings is 1. The normalized spacial score (nSPS) is 25.7. The third-order valence-electron chi connectivity index (χ3n) is 3.00. The standard InChI is InChI=1S/C12H16N2/c1-3-12(2)9-10-13-14(12)11-7-5-4-6-8-11/h4-8,10H,3,9H2,1-2H3. The van der Waals surface area contributed by atoms with Crippen molar-refractivity contribution in [3.8, 4) is 0 Å². The summed E-state index contributed by atoms with van der Waals surface area (Å²) in [6.07, 6.45) is 4.16. The van der Waals surface area contributed by atoms with Crippen molar-refractivity contribution in [2.45, 2.75) is 32.2 Å². The summed E-state index contributed by atoms with van der Waals surface area (Å²) in [5.41, 5.74) is 1.35. The summed E-state index contributed by atoms with van der Waals surface area (Å²) in [6, 6.07) is 10.4. The van der Waals surface area contributed by atoms with E-state index in [4.69, 9.17) is 0 Å². The van der Waals surface area contributed by atoms with Crippen LogP contribution in [-0.2, 0) is 0 Å². The van der Waals surface area contributed by atoms with Crippen LogP contribution in [0.1, 0.15) is 26.7 Å². The molecule has 2 heteroatoms. The van der Waals surface area contributed by atoms with Crippen molar-refractivity contribution < 1.29 is 0 Å². The number of nitrogens with zero attached hydrogens (tertiary/aromatic N) is 2. The molecule has 2 rings (SSSR count). The molecule has 1 heterocycles. The molecular formula is C12H16N2. The van der Waals surface area contributed by atoms with Gasteiger partial charge in [0.15, 0.2) is 0 Å². The van der Waals surface area contributed by atoms with Crippen molar-refractivity contribution >= 4 is 11.9 Å². The Hall–Kier alpha value is -1.31. The Bertz CT molecular complexity index is 331. The van der Waals surface area contributed by atoms with Crippen LogP contribution in [0.25, 0.3) is 0 Å². The van der Waals surface area contributed by atoms with Crippen LogP contribution in [0.3, 0.4) is 0 Å². The minimum absolute atomic E-state index is 0.168. The van der Waals surface area contributed by atoms with Gasteiger partial charge in [0.05, 0.1) is 11.2 Å². The van der Waals surface area contributed by atoms with Gasteiger partial charge in [-0.3, -0.25) is 5.01 Å². The van der Waals surface area contributed by atoms with Crippen molar-refractivity contribution in [2.24, 2.45) is 5.10 Å². The molecule has 1 aliphatic rings. The van der Waals surface area contributed by atoms with Gasteiger partial charge in [-0.1, -0.05) is 25.1 Å². The zero-order valence-electron chi connectivity index (χ0n) is 8.77. The molecular weight excluding hydrogens is 172 g/mol. The third-order valence-corrected chi connectivity index (χ3v) is 3.00. The lowest BCUT2D eigenvalue weighted by Gasteiger charge is -2.33. The summed E-state index contributed by atoms with van der Waals surface area (Å²) in [4.78, 5) is 0. The van der Waals surface area contributed by atoms with E-state index in [1.807, 2.05) is 12.3 Å². The van der Waals surface area contributed by atoms with Gasteiger partial charge in [0.25, 0.3) is 0 Å². The molecule has 1 unspecified atom stereocenters. The number of para-hydroxylation sites is 1. The van der Waals surface area contributed by atoms with Crippen LogP contribution >= 0.6 is 0 Å². The molecule has 0 amide bonds. The number of hydrogen-bond acceptors (Lipinski definition) is 2. The smallest absolute Gasteiger partial charge is 0.0653 e. The lowest BCUT2D eigenvalue weighted by Crippen LogP contribution is -2.38. The minimum Gasteiger partial charge on any atom is -0.260 e. The van der Waals surface area contributed by atoms with E-state index in [1.54, 1.807) is 0 Å². The van der Waals surface area contributed by atoms with Crippen LogP contribution in [0.4, 0.5) is 5.69 Å². The molecule has 0 radical (unpaired) electrons. The molecule has 74 valence electrons. The second kappa shape index (κ2) is 3.45. The van der Waals surface area contributed by atoms with Gasteiger partial charge in [0.1, 0.15) is 0 Å². The molecule has 0 aliphatic carbocycles. The van der Waals surface area contributed by atoms with Crippen molar-refractivity contribution in [3.05, 3.63) is 30.3 Å². The van der Waals surface area contributed by atoms with E-state index in [2.05, 4.69) is 48.2 Å². The minimum atomic E-state index is 0.168. The average molecular weight is 188 g/mol. The van der Waals surface area contributed by atoms with Gasteiger partial charge >= 0.3 is 0 Å². The highest BCUT2D eigenvalue weighted by molar-refractivity contribution is 5.68. The lowest BCUT2D eigenvalue weighted by atomic mass is 9.95. The Morgan fingerprint density at radius 2 is 2.07 bits per heavy atom. The summed E-state index contributed by atoms with van der Waals surface area (Å²) in [5, 5.41) is 6.57. The molecule has 1 atom stereocenters. The molecule has 0 saturated heterocycles. The van der Waals surface area contributed by atoms with Gasteiger partial charge in [-0.05, 0) is 25.5 Å². The maximum atomic E-state index is 4.44. The summed E-state index contributed by atoms with van der Waals surface area (Å²) in [5.74, 6) is 0. The Morgan fingerprint density at radius 3 is 2.71 bits per heavy atom. The highest BCUT2D eigenvalue weighted by Crippen LogP contribution is 2.32. The van der Waals surface area contributed by atoms with Gasteiger partial charge in [-0.15, -0.1) is 0 Å². The molecule has 1 aromatic rings. The van der Waals surface area contributed by atoms with Crippen molar-refractivity contribution in [3.63, 3.8) is 0 Å². The predicted octanol–water partition coefficient (Wildman–Crippen LogP) is 3.05. The van der Waals surface area contributed by atoms with E-state index in [1.165, 1.54) is 5.69 Å². The third kappa shape index (κ3) is 1.41. The number of rotatable bonds is 2. The van der Waals surface area contributed by atoms with Crippen molar-refractivity contribution in [1.82, 2.24) is 0 Å². The first-order valence-corrected chi connectivity index (χ1v) is 5.14. The molecule has 14 heavy (non-hydrogen) atoms. The summed E-state index contributed by atoms with van der Waals surface area (Å²) < 4.78 is 0. The Kier molecular flexibility index (Phi) is 2.28. The molecule has 2 nitrogen and oxygen atoms in total. The maximum Gasteiger partial charge on any atom is 0.0653 e. The highest BCUT2D eigenvalue weighted by atomic mass is 15.5. The van der Waals surface area contributed by atoms with Gasteiger partial charge in [0.2, 0.25) is 0 Å². The van der Waals surface area contributed by atoms with Crippen LogP contribution in [0.15, 0.2) is 35.4 Å². The van der Waals surface area contributed by atoms with E-state index in [-0.39, 0.29) is 5.54 Å². The van der Waals surface area contributed by atoms with Gasteiger partial charge in [-0.25, -0.2) is 0 Å². The van der Waals surface area contributed by atoms with Crippen LogP contribution in [0.2, 0.25) is 0 Å². The predicted molar refractivity (Wildman–Crippen MR) is 60.7 cm³/mol. The van der Waals surface area contributed by atoms with E-state index in [9.17, 15) is 0 Å². The number of hydrogen-bond donors (Lipinski definition) is 0. The molecule has 0 bridgehead atoms. The van der Waals surface area contributed by atoms with E-state index in [0.717, 1.165) is 12.8 Å². The van der Waals surface area contributed by atoms with Crippen LogP contribution in [-0.4, -0.2) is 11.8 Å². The summed E-state index contributed by atoms with van der Waals surface area (Å²) in [7, 11) is 0. The van der Waals surface area contributed by atoms with E-state index >= 15 is 0 Å². The Labute approximate surface area is 85.2 Å². The SMILES string of the molecule is CCC1(C)CC=NN1c1ccccc1. The molecule has 1 aliphatic heterocycles. The number of anilines is 1. The van der Waals surface area contributed by atoms with Crippen molar-refractivity contribution in [1.29, 1.82) is 0 Å². The van der Waals surface area contributed by atoms with E-state index in [0.29, 0.717) is 0 Å². The highest BCUT2D eigenvalue weighted by Gasteiger charge is 2.33. The fraction of sp³-hybridized carbons (Fsp3) is 0.417. The quantitative estimate of drug-likeness (QED) is 0.696. The molecule has 0 saturated carbocycles. The molecule has 0 spiro atoms. The second-order valence-corrected chi connectivity index (χ2v) is 4.00. The monoisotopic (exact) mass is 188 g/mol. The lowest BCUT2D eigenvalue weighted by molar-refractivity contribution is 0.452. The zero-order valence-corrected chi connectivity index (χ0v) is 8.77. The molecule has 0 aromatic heterocycles. The fourth-order valence-corrected chi connectivity index (χ4v) is 1.79. The first kappa shape index (κ1) is 9.25. The molecule has 1 aromatic carbocycles. The Balaban J connectivity index is 2.31. The fourth-order valence-electron chi connectivity index (χ4n) is 1.79. The second-order valence-electron chi connectivity index (χ2n) is 4.00. The largest absolute Gasteiger partial charge is 0.260 e. The van der Waals surface area contributed by atoms with Gasteiger partial charge in [0, 0.05) is 12.6 Å². The topological polar surface area (TPSA) is 15.6 Å². The van der Waals surface area contributed by atoms with Crippen LogP contribution in [0.5, 0.6) is 0 Å². The molecule has 0 fully saturated rings. The maximum absolute atomic E-state index is 4.44. The van der Waals surface area contributed by atoms with Gasteiger partial charge < -0.3 is 0 Å². The summed E-state index contributed by atoms with van der Waals surface area (Å²) in [6.45, 7) is 4.47. The van der Waals surface area contributed by atoms with Crippen LogP contribution < -0.4 is 5.01 Å². The average Bonchev–Trinajstić information content (AvgIpc) is 2.63. The molecule has 0 N–H and O–H groups in total. The Morgan fingerprint density at radius 1 is 1.36 bits per heavy atom. The number of hydrazone groups is 1. The first-order chi connectivity index (χ1) is 6.76. The van der Waals surface area contributed by atoms with Gasteiger partial charge in [-0.2, -0.15) is 5.10 Å². The van der Waals surface area contributed by atoms with Crippen LogP contribution in [0, 0.1) is 0 Å².